The van der Waals surface area contributed by atoms with Crippen LogP contribution >= 0.6 is 0 Å². The van der Waals surface area contributed by atoms with E-state index in [0.29, 0.717) is 6.42 Å². The molecule has 126 valence electrons. The Morgan fingerprint density at radius 3 is 2.25 bits per heavy atom. The van der Waals surface area contributed by atoms with Gasteiger partial charge in [-0.25, -0.2) is 0 Å². The van der Waals surface area contributed by atoms with E-state index in [-0.39, 0.29) is 5.91 Å². The molecule has 1 heterocycles. The first kappa shape index (κ1) is 16.4. The van der Waals surface area contributed by atoms with E-state index in [2.05, 4.69) is 17.0 Å². The molecular weight excluding hydrogens is 300 g/mol. The molecule has 3 rings (SSSR count). The van der Waals surface area contributed by atoms with Gasteiger partial charge in [0.2, 0.25) is 5.91 Å². The number of rotatable bonds is 5. The molecule has 0 aliphatic carbocycles. The number of ether oxygens (including phenoxy) is 1. The van der Waals surface area contributed by atoms with Crippen LogP contribution in [0.1, 0.15) is 18.4 Å². The summed E-state index contributed by atoms with van der Waals surface area (Å²) >= 11 is 0. The van der Waals surface area contributed by atoms with Gasteiger partial charge in [-0.1, -0.05) is 12.1 Å². The highest BCUT2D eigenvalue weighted by molar-refractivity contribution is 5.94. The fraction of sp³-hybridized carbons (Fsp3) is 0.350. The van der Waals surface area contributed by atoms with Crippen molar-refractivity contribution in [3.05, 3.63) is 54.1 Å². The molecule has 0 spiro atoms. The number of anilines is 2. The number of carbonyl (C=O) groups is 1. The van der Waals surface area contributed by atoms with Gasteiger partial charge in [0.15, 0.2) is 0 Å². The SMILES string of the molecule is COc1ccc(CC(=O)N(C)c2ccc(N3CCCC3)cc2)cc1. The van der Waals surface area contributed by atoms with E-state index in [1.807, 2.05) is 43.4 Å². The first-order chi connectivity index (χ1) is 11.7. The van der Waals surface area contributed by atoms with Gasteiger partial charge < -0.3 is 14.5 Å². The Morgan fingerprint density at radius 2 is 1.67 bits per heavy atom. The van der Waals surface area contributed by atoms with E-state index < -0.39 is 0 Å². The minimum Gasteiger partial charge on any atom is -0.497 e. The largest absolute Gasteiger partial charge is 0.497 e. The Labute approximate surface area is 143 Å². The molecule has 0 saturated carbocycles. The van der Waals surface area contributed by atoms with Crippen LogP contribution in [-0.4, -0.2) is 33.2 Å². The second kappa shape index (κ2) is 7.39. The predicted octanol–water partition coefficient (Wildman–Crippen LogP) is 3.50. The van der Waals surface area contributed by atoms with E-state index in [9.17, 15) is 4.79 Å². The van der Waals surface area contributed by atoms with Crippen LogP contribution < -0.4 is 14.5 Å². The molecule has 1 fully saturated rings. The van der Waals surface area contributed by atoms with Crippen molar-refractivity contribution in [2.45, 2.75) is 19.3 Å². The third-order valence-corrected chi connectivity index (χ3v) is 4.60. The number of nitrogens with zero attached hydrogens (tertiary/aromatic N) is 2. The van der Waals surface area contributed by atoms with Crippen molar-refractivity contribution >= 4 is 17.3 Å². The zero-order valence-corrected chi connectivity index (χ0v) is 14.4. The summed E-state index contributed by atoms with van der Waals surface area (Å²) in [5.74, 6) is 0.881. The zero-order valence-electron chi connectivity index (χ0n) is 14.4. The monoisotopic (exact) mass is 324 g/mol. The lowest BCUT2D eigenvalue weighted by molar-refractivity contribution is -0.117. The molecule has 0 N–H and O–H groups in total. The van der Waals surface area contributed by atoms with Crippen LogP contribution in [0.3, 0.4) is 0 Å². The molecule has 0 bridgehead atoms. The molecule has 4 nitrogen and oxygen atoms in total. The summed E-state index contributed by atoms with van der Waals surface area (Å²) in [6.45, 7) is 2.26. The van der Waals surface area contributed by atoms with Crippen LogP contribution in [0.4, 0.5) is 11.4 Å². The van der Waals surface area contributed by atoms with Crippen LogP contribution in [-0.2, 0) is 11.2 Å². The fourth-order valence-electron chi connectivity index (χ4n) is 3.04. The summed E-state index contributed by atoms with van der Waals surface area (Å²) in [4.78, 5) is 16.6. The maximum absolute atomic E-state index is 12.5. The molecular formula is C20H24N2O2. The average molecular weight is 324 g/mol. The van der Waals surface area contributed by atoms with E-state index in [1.165, 1.54) is 18.5 Å². The smallest absolute Gasteiger partial charge is 0.231 e. The molecule has 1 amide bonds. The van der Waals surface area contributed by atoms with Crippen molar-refractivity contribution in [1.29, 1.82) is 0 Å². The molecule has 1 aliphatic heterocycles. The highest BCUT2D eigenvalue weighted by Gasteiger charge is 2.14. The van der Waals surface area contributed by atoms with E-state index in [0.717, 1.165) is 30.1 Å². The van der Waals surface area contributed by atoms with E-state index in [1.54, 1.807) is 12.0 Å². The molecule has 1 saturated heterocycles. The van der Waals surface area contributed by atoms with Crippen molar-refractivity contribution in [1.82, 2.24) is 0 Å². The van der Waals surface area contributed by atoms with Gasteiger partial charge in [0.25, 0.3) is 0 Å². The molecule has 4 heteroatoms. The molecule has 1 aliphatic rings. The summed E-state index contributed by atoms with van der Waals surface area (Å²) in [7, 11) is 3.47. The van der Waals surface area contributed by atoms with Crippen LogP contribution in [0.5, 0.6) is 5.75 Å². The Hall–Kier alpha value is -2.49. The number of methoxy groups -OCH3 is 1. The third kappa shape index (κ3) is 3.70. The summed E-state index contributed by atoms with van der Waals surface area (Å²) in [5, 5.41) is 0. The Bertz CT molecular complexity index is 674. The standard InChI is InChI=1S/C20H24N2O2/c1-21(20(23)15-16-5-11-19(24-2)12-6-16)17-7-9-18(10-8-17)22-13-3-4-14-22/h5-12H,3-4,13-15H2,1-2H3. The number of benzene rings is 2. The highest BCUT2D eigenvalue weighted by Crippen LogP contribution is 2.24. The van der Waals surface area contributed by atoms with Crippen molar-refractivity contribution < 1.29 is 9.53 Å². The van der Waals surface area contributed by atoms with Gasteiger partial charge in [-0.05, 0) is 54.8 Å². The average Bonchev–Trinajstić information content (AvgIpc) is 3.16. The summed E-state index contributed by atoms with van der Waals surface area (Å²) in [6, 6.07) is 15.9. The minimum absolute atomic E-state index is 0.0779. The first-order valence-electron chi connectivity index (χ1n) is 8.42. The predicted molar refractivity (Wildman–Crippen MR) is 98.0 cm³/mol. The minimum atomic E-state index is 0.0779. The lowest BCUT2D eigenvalue weighted by Gasteiger charge is -2.21. The number of hydrogen-bond donors (Lipinski definition) is 0. The first-order valence-corrected chi connectivity index (χ1v) is 8.42. The van der Waals surface area contributed by atoms with Gasteiger partial charge in [0.1, 0.15) is 5.75 Å². The Balaban J connectivity index is 1.63. The molecule has 24 heavy (non-hydrogen) atoms. The normalized spacial score (nSPS) is 13.8. The van der Waals surface area contributed by atoms with Crippen LogP contribution in [0, 0.1) is 0 Å². The van der Waals surface area contributed by atoms with E-state index in [4.69, 9.17) is 4.74 Å². The van der Waals surface area contributed by atoms with Gasteiger partial charge in [-0.3, -0.25) is 4.79 Å². The second-order valence-electron chi connectivity index (χ2n) is 6.19. The van der Waals surface area contributed by atoms with Gasteiger partial charge >= 0.3 is 0 Å². The van der Waals surface area contributed by atoms with E-state index >= 15 is 0 Å². The van der Waals surface area contributed by atoms with Crippen LogP contribution in [0.25, 0.3) is 0 Å². The van der Waals surface area contributed by atoms with Crippen molar-refractivity contribution in [2.75, 3.05) is 37.0 Å². The Morgan fingerprint density at radius 1 is 1.04 bits per heavy atom. The third-order valence-electron chi connectivity index (χ3n) is 4.60. The van der Waals surface area contributed by atoms with Crippen molar-refractivity contribution in [3.8, 4) is 5.75 Å². The lowest BCUT2D eigenvalue weighted by atomic mass is 10.1. The summed E-state index contributed by atoms with van der Waals surface area (Å²) in [5.41, 5.74) is 3.16. The highest BCUT2D eigenvalue weighted by atomic mass is 16.5. The molecule has 0 aromatic heterocycles. The molecule has 0 atom stereocenters. The maximum Gasteiger partial charge on any atom is 0.231 e. The van der Waals surface area contributed by atoms with Crippen LogP contribution in [0.15, 0.2) is 48.5 Å². The number of amides is 1. The van der Waals surface area contributed by atoms with Crippen molar-refractivity contribution in [3.63, 3.8) is 0 Å². The fourth-order valence-corrected chi connectivity index (χ4v) is 3.04. The van der Waals surface area contributed by atoms with Gasteiger partial charge in [-0.15, -0.1) is 0 Å². The lowest BCUT2D eigenvalue weighted by Crippen LogP contribution is -2.28. The van der Waals surface area contributed by atoms with Gasteiger partial charge in [-0.2, -0.15) is 0 Å². The number of likely N-dealkylation sites (N-methyl/N-ethyl adjacent to an activating group) is 1. The number of hydrogen-bond acceptors (Lipinski definition) is 3. The zero-order chi connectivity index (χ0) is 16.9. The molecule has 2 aromatic carbocycles. The van der Waals surface area contributed by atoms with Gasteiger partial charge in [0.05, 0.1) is 13.5 Å². The quantitative estimate of drug-likeness (QED) is 0.844. The topological polar surface area (TPSA) is 32.8 Å². The molecule has 0 unspecified atom stereocenters. The molecule has 2 aromatic rings. The molecule has 0 radical (unpaired) electrons. The van der Waals surface area contributed by atoms with Crippen LogP contribution in [0.2, 0.25) is 0 Å². The summed E-state index contributed by atoms with van der Waals surface area (Å²) < 4.78 is 5.14. The summed E-state index contributed by atoms with van der Waals surface area (Å²) in [6.07, 6.45) is 2.92. The van der Waals surface area contributed by atoms with Gasteiger partial charge in [0, 0.05) is 31.5 Å². The number of carbonyl (C=O) groups excluding carboxylic acids is 1. The maximum atomic E-state index is 12.5. The Kier molecular flexibility index (Phi) is 5.04. The van der Waals surface area contributed by atoms with Crippen molar-refractivity contribution in [2.24, 2.45) is 0 Å². The second-order valence-corrected chi connectivity index (χ2v) is 6.19.